The van der Waals surface area contributed by atoms with Crippen LogP contribution < -0.4 is 0 Å². The Kier molecular flexibility index (Phi) is 12.6. The zero-order valence-corrected chi connectivity index (χ0v) is 14.8. The van der Waals surface area contributed by atoms with E-state index in [9.17, 15) is 4.79 Å². The van der Waals surface area contributed by atoms with Crippen LogP contribution in [0.25, 0.3) is 0 Å². The van der Waals surface area contributed by atoms with Gasteiger partial charge < -0.3 is 4.74 Å². The van der Waals surface area contributed by atoms with Gasteiger partial charge in [-0.15, -0.1) is 0 Å². The van der Waals surface area contributed by atoms with Gasteiger partial charge in [-0.1, -0.05) is 62.6 Å². The minimum atomic E-state index is -0.106. The Hall–Kier alpha value is -1.31. The molecule has 0 aromatic carbocycles. The van der Waals surface area contributed by atoms with Crippen molar-refractivity contribution in [3.63, 3.8) is 0 Å². The minimum Gasteiger partial charge on any atom is -0.461 e. The number of allylic oxidation sites excluding steroid dienone is 3. The third-order valence-electron chi connectivity index (χ3n) is 3.93. The fourth-order valence-electron chi connectivity index (χ4n) is 2.33. The molecule has 1 aliphatic carbocycles. The van der Waals surface area contributed by atoms with Gasteiger partial charge in [0.25, 0.3) is 0 Å². The molecule has 1 rings (SSSR count). The average Bonchev–Trinajstić information content (AvgIpc) is 2.50. The lowest BCUT2D eigenvalue weighted by molar-refractivity contribution is -0.142. The highest BCUT2D eigenvalue weighted by molar-refractivity contribution is 5.69. The topological polar surface area (TPSA) is 26.3 Å². The summed E-state index contributed by atoms with van der Waals surface area (Å²) in [7, 11) is 0. The van der Waals surface area contributed by atoms with Crippen LogP contribution in [0.5, 0.6) is 0 Å². The molecule has 0 spiro atoms. The molecule has 0 saturated carbocycles. The third kappa shape index (κ3) is 11.4. The maximum Gasteiger partial charge on any atom is 0.306 e. The quantitative estimate of drug-likeness (QED) is 0.312. The molecule has 0 radical (unpaired) electrons. The first-order valence-electron chi connectivity index (χ1n) is 8.58. The van der Waals surface area contributed by atoms with Crippen molar-refractivity contribution in [3.05, 3.63) is 36.5 Å². The number of ether oxygens (including phenoxy) is 1. The summed E-state index contributed by atoms with van der Waals surface area (Å²) in [6.45, 7) is 14.3. The largest absolute Gasteiger partial charge is 0.461 e. The van der Waals surface area contributed by atoms with Gasteiger partial charge in [0, 0.05) is 6.42 Å². The Bertz CT molecular complexity index is 366. The summed E-state index contributed by atoms with van der Waals surface area (Å²) in [6.07, 6.45) is 12.8. The zero-order valence-electron chi connectivity index (χ0n) is 14.8. The molecule has 2 nitrogen and oxygen atoms in total. The van der Waals surface area contributed by atoms with Crippen LogP contribution in [0.15, 0.2) is 36.5 Å². The van der Waals surface area contributed by atoms with E-state index >= 15 is 0 Å². The van der Waals surface area contributed by atoms with Gasteiger partial charge in [0.2, 0.25) is 0 Å². The van der Waals surface area contributed by atoms with Crippen LogP contribution in [-0.4, -0.2) is 12.6 Å². The van der Waals surface area contributed by atoms with E-state index in [1.165, 1.54) is 37.7 Å². The lowest BCUT2D eigenvalue weighted by Gasteiger charge is -2.19. The lowest BCUT2D eigenvalue weighted by atomic mass is 9.86. The van der Waals surface area contributed by atoms with Gasteiger partial charge in [0.15, 0.2) is 0 Å². The lowest BCUT2D eigenvalue weighted by Crippen LogP contribution is -2.04. The van der Waals surface area contributed by atoms with Crippen LogP contribution in [0.3, 0.4) is 0 Å². The molecule has 0 aromatic rings. The number of hydrogen-bond donors (Lipinski definition) is 0. The summed E-state index contributed by atoms with van der Waals surface area (Å²) in [4.78, 5) is 10.9. The van der Waals surface area contributed by atoms with E-state index in [4.69, 9.17) is 4.74 Å². The molecule has 0 saturated heterocycles. The van der Waals surface area contributed by atoms with Gasteiger partial charge in [-0.3, -0.25) is 4.79 Å². The van der Waals surface area contributed by atoms with Crippen molar-refractivity contribution in [1.29, 1.82) is 0 Å². The van der Waals surface area contributed by atoms with Crippen molar-refractivity contribution in [1.82, 2.24) is 0 Å². The zero-order chi connectivity index (χ0) is 16.8. The first-order chi connectivity index (χ1) is 10.5. The van der Waals surface area contributed by atoms with Crippen molar-refractivity contribution in [2.45, 2.75) is 72.1 Å². The predicted molar refractivity (Wildman–Crippen MR) is 95.8 cm³/mol. The molecule has 0 fully saturated rings. The highest BCUT2D eigenvalue weighted by Crippen LogP contribution is 2.27. The molecule has 0 aliphatic heterocycles. The molecule has 0 bridgehead atoms. The van der Waals surface area contributed by atoms with Gasteiger partial charge in [-0.25, -0.2) is 0 Å². The van der Waals surface area contributed by atoms with E-state index in [2.05, 4.69) is 40.0 Å². The summed E-state index contributed by atoms with van der Waals surface area (Å²) >= 11 is 0. The molecule has 1 unspecified atom stereocenters. The Balaban J connectivity index is 0.000000406. The van der Waals surface area contributed by atoms with Gasteiger partial charge >= 0.3 is 5.97 Å². The molecule has 1 atom stereocenters. The SMILES string of the molecule is C=C(C)C1CC=C(C)CC1.C=CCOC(=O)CCCCCC. The van der Waals surface area contributed by atoms with Crippen LogP contribution in [0, 0.1) is 5.92 Å². The average molecular weight is 306 g/mol. The first kappa shape index (κ1) is 20.7. The van der Waals surface area contributed by atoms with Crippen LogP contribution >= 0.6 is 0 Å². The monoisotopic (exact) mass is 306 g/mol. The second-order valence-electron chi connectivity index (χ2n) is 6.15. The number of unbranched alkanes of at least 4 members (excludes halogenated alkanes) is 3. The summed E-state index contributed by atoms with van der Waals surface area (Å²) in [5, 5.41) is 0. The molecule has 0 aromatic heterocycles. The first-order valence-corrected chi connectivity index (χ1v) is 8.58. The van der Waals surface area contributed by atoms with Gasteiger partial charge in [-0.05, 0) is 45.4 Å². The fourth-order valence-corrected chi connectivity index (χ4v) is 2.33. The summed E-state index contributed by atoms with van der Waals surface area (Å²) in [5.41, 5.74) is 2.90. The van der Waals surface area contributed by atoms with E-state index < -0.39 is 0 Å². The fraction of sp³-hybridized carbons (Fsp3) is 0.650. The normalized spacial score (nSPS) is 16.9. The summed E-state index contributed by atoms with van der Waals surface area (Å²) < 4.78 is 4.81. The van der Waals surface area contributed by atoms with E-state index in [1.54, 1.807) is 11.6 Å². The molecule has 0 amide bonds. The van der Waals surface area contributed by atoms with Gasteiger partial charge in [0.05, 0.1) is 0 Å². The second-order valence-corrected chi connectivity index (χ2v) is 6.15. The van der Waals surface area contributed by atoms with Crippen LogP contribution in [0.4, 0.5) is 0 Å². The Morgan fingerprint density at radius 2 is 2.14 bits per heavy atom. The highest BCUT2D eigenvalue weighted by atomic mass is 16.5. The molecule has 2 heteroatoms. The van der Waals surface area contributed by atoms with E-state index in [1.807, 2.05) is 0 Å². The van der Waals surface area contributed by atoms with Crippen LogP contribution in [0.2, 0.25) is 0 Å². The molecule has 126 valence electrons. The van der Waals surface area contributed by atoms with Crippen molar-refractivity contribution < 1.29 is 9.53 Å². The predicted octanol–water partition coefficient (Wildman–Crippen LogP) is 5.99. The Morgan fingerprint density at radius 3 is 2.64 bits per heavy atom. The Labute approximate surface area is 137 Å². The van der Waals surface area contributed by atoms with E-state index in [-0.39, 0.29) is 5.97 Å². The molecular formula is C20H34O2. The standard InChI is InChI=1S/C10H18O2.C10H16/c1-3-5-6-7-8-10(11)12-9-4-2;1-8(2)10-6-4-9(3)5-7-10/h4H,2-3,5-9H2,1H3;4,10H,1,5-7H2,2-3H3. The number of esters is 1. The maximum atomic E-state index is 10.9. The highest BCUT2D eigenvalue weighted by Gasteiger charge is 2.11. The van der Waals surface area contributed by atoms with Crippen molar-refractivity contribution >= 4 is 5.97 Å². The van der Waals surface area contributed by atoms with Gasteiger partial charge in [0.1, 0.15) is 6.61 Å². The molecular weight excluding hydrogens is 272 g/mol. The summed E-state index contributed by atoms with van der Waals surface area (Å²) in [5.74, 6) is 0.662. The van der Waals surface area contributed by atoms with Gasteiger partial charge in [-0.2, -0.15) is 0 Å². The third-order valence-corrected chi connectivity index (χ3v) is 3.93. The molecule has 1 aliphatic rings. The maximum absolute atomic E-state index is 10.9. The molecule has 0 heterocycles. The summed E-state index contributed by atoms with van der Waals surface area (Å²) in [6, 6.07) is 0. The van der Waals surface area contributed by atoms with E-state index in [0.717, 1.165) is 18.8 Å². The number of carbonyl (C=O) groups excluding carboxylic acids is 1. The second kappa shape index (κ2) is 13.4. The number of rotatable bonds is 8. The number of hydrogen-bond acceptors (Lipinski definition) is 2. The smallest absolute Gasteiger partial charge is 0.306 e. The van der Waals surface area contributed by atoms with Crippen molar-refractivity contribution in [3.8, 4) is 0 Å². The van der Waals surface area contributed by atoms with Crippen molar-refractivity contribution in [2.75, 3.05) is 6.61 Å². The number of carbonyl (C=O) groups is 1. The molecule has 0 N–H and O–H groups in total. The van der Waals surface area contributed by atoms with Crippen molar-refractivity contribution in [2.24, 2.45) is 5.92 Å². The Morgan fingerprint density at radius 1 is 1.41 bits per heavy atom. The van der Waals surface area contributed by atoms with Crippen LogP contribution in [-0.2, 0) is 9.53 Å². The minimum absolute atomic E-state index is 0.106. The van der Waals surface area contributed by atoms with E-state index in [0.29, 0.717) is 13.0 Å². The molecule has 22 heavy (non-hydrogen) atoms. The van der Waals surface area contributed by atoms with Crippen LogP contribution in [0.1, 0.15) is 72.1 Å².